The number of hydrogen-bond donors (Lipinski definition) is 0. The first-order valence-corrected chi connectivity index (χ1v) is 8.30. The predicted molar refractivity (Wildman–Crippen MR) is 84.8 cm³/mol. The molecule has 0 spiro atoms. The molecule has 0 aromatic carbocycles. The maximum absolute atomic E-state index is 5.84. The third-order valence-electron chi connectivity index (χ3n) is 3.17. The van der Waals surface area contributed by atoms with Gasteiger partial charge in [-0.1, -0.05) is 81.2 Å². The number of unbranched alkanes of at least 4 members (excludes halogenated alkanes) is 1. The van der Waals surface area contributed by atoms with Gasteiger partial charge in [-0.3, -0.25) is 0 Å². The lowest BCUT2D eigenvalue weighted by atomic mass is 9.95. The van der Waals surface area contributed by atoms with Crippen LogP contribution in [0, 0.1) is 11.8 Å². The van der Waals surface area contributed by atoms with Gasteiger partial charge in [-0.2, -0.15) is 0 Å². The molecule has 0 amide bonds. The van der Waals surface area contributed by atoms with E-state index in [9.17, 15) is 0 Å². The van der Waals surface area contributed by atoms with Crippen molar-refractivity contribution in [3.63, 3.8) is 0 Å². The summed E-state index contributed by atoms with van der Waals surface area (Å²) in [6, 6.07) is 0. The van der Waals surface area contributed by atoms with Gasteiger partial charge in [0.15, 0.2) is 0 Å². The monoisotopic (exact) mass is 356 g/mol. The minimum atomic E-state index is 0.561. The van der Waals surface area contributed by atoms with E-state index in [0.717, 1.165) is 11.8 Å². The standard InChI is InChI=1S/C14H26ClI/c1-4-6-9-13(5-2)10-7-8-12(3)14(16)11-15/h7-8,12-14H,4-6,9-11H2,1-3H3/b8-7+/t12?,13?,14-/m0/s1. The highest BCUT2D eigenvalue weighted by atomic mass is 127. The highest BCUT2D eigenvalue weighted by Crippen LogP contribution is 2.20. The Hall–Kier alpha value is 0.760. The number of alkyl halides is 2. The van der Waals surface area contributed by atoms with E-state index < -0.39 is 0 Å². The molecule has 0 rings (SSSR count). The second kappa shape index (κ2) is 10.9. The van der Waals surface area contributed by atoms with Crippen molar-refractivity contribution in [3.8, 4) is 0 Å². The number of rotatable bonds is 9. The zero-order valence-electron chi connectivity index (χ0n) is 10.9. The summed E-state index contributed by atoms with van der Waals surface area (Å²) in [6.45, 7) is 6.83. The molecule has 0 N–H and O–H groups in total. The molecule has 0 radical (unpaired) electrons. The smallest absolute Gasteiger partial charge is 0.0347 e. The van der Waals surface area contributed by atoms with Crippen LogP contribution in [0.15, 0.2) is 12.2 Å². The van der Waals surface area contributed by atoms with Gasteiger partial charge in [0.25, 0.3) is 0 Å². The molecule has 3 atom stereocenters. The van der Waals surface area contributed by atoms with Crippen LogP contribution in [0.4, 0.5) is 0 Å². The summed E-state index contributed by atoms with van der Waals surface area (Å²) < 4.78 is 0.561. The highest BCUT2D eigenvalue weighted by molar-refractivity contribution is 14.1. The molecule has 16 heavy (non-hydrogen) atoms. The molecule has 2 heteroatoms. The van der Waals surface area contributed by atoms with Crippen LogP contribution in [0.2, 0.25) is 0 Å². The van der Waals surface area contributed by atoms with Crippen molar-refractivity contribution in [2.75, 3.05) is 5.88 Å². The third-order valence-corrected chi connectivity index (χ3v) is 5.60. The minimum Gasteiger partial charge on any atom is -0.126 e. The Kier molecular flexibility index (Phi) is 11.4. The Labute approximate surface area is 120 Å². The second-order valence-electron chi connectivity index (χ2n) is 4.61. The lowest BCUT2D eigenvalue weighted by Crippen LogP contribution is -2.09. The van der Waals surface area contributed by atoms with Crippen LogP contribution in [-0.2, 0) is 0 Å². The Morgan fingerprint density at radius 1 is 1.31 bits per heavy atom. The van der Waals surface area contributed by atoms with Gasteiger partial charge in [-0.15, -0.1) is 11.6 Å². The lowest BCUT2D eigenvalue weighted by molar-refractivity contribution is 0.455. The zero-order chi connectivity index (χ0) is 12.4. The number of halogens is 2. The molecular formula is C14H26ClI. The van der Waals surface area contributed by atoms with Gasteiger partial charge in [-0.25, -0.2) is 0 Å². The summed E-state index contributed by atoms with van der Waals surface area (Å²) in [5.74, 6) is 2.23. The van der Waals surface area contributed by atoms with E-state index in [-0.39, 0.29) is 0 Å². The van der Waals surface area contributed by atoms with Crippen molar-refractivity contribution in [2.24, 2.45) is 11.8 Å². The first-order valence-electron chi connectivity index (χ1n) is 6.52. The van der Waals surface area contributed by atoms with Crippen molar-refractivity contribution in [1.29, 1.82) is 0 Å². The van der Waals surface area contributed by atoms with Crippen LogP contribution < -0.4 is 0 Å². The number of hydrogen-bond acceptors (Lipinski definition) is 0. The van der Waals surface area contributed by atoms with Crippen LogP contribution in [0.1, 0.15) is 52.9 Å². The number of allylic oxidation sites excluding steroid dienone is 2. The quantitative estimate of drug-likeness (QED) is 0.277. The summed E-state index contributed by atoms with van der Waals surface area (Å²) >= 11 is 8.28. The maximum Gasteiger partial charge on any atom is 0.0347 e. The van der Waals surface area contributed by atoms with Gasteiger partial charge in [0.1, 0.15) is 0 Å². The van der Waals surface area contributed by atoms with Gasteiger partial charge < -0.3 is 0 Å². The first kappa shape index (κ1) is 16.8. The third kappa shape index (κ3) is 7.94. The van der Waals surface area contributed by atoms with Gasteiger partial charge in [0, 0.05) is 9.80 Å². The molecule has 0 bridgehead atoms. The maximum atomic E-state index is 5.84. The van der Waals surface area contributed by atoms with Crippen molar-refractivity contribution in [3.05, 3.63) is 12.2 Å². The summed E-state index contributed by atoms with van der Waals surface area (Å²) in [5, 5.41) is 0. The molecule has 0 aliphatic heterocycles. The van der Waals surface area contributed by atoms with E-state index in [2.05, 4.69) is 55.5 Å². The molecule has 96 valence electrons. The Morgan fingerprint density at radius 2 is 2.00 bits per heavy atom. The van der Waals surface area contributed by atoms with Gasteiger partial charge in [0.05, 0.1) is 0 Å². The van der Waals surface area contributed by atoms with Crippen molar-refractivity contribution in [1.82, 2.24) is 0 Å². The van der Waals surface area contributed by atoms with E-state index in [0.29, 0.717) is 9.84 Å². The molecule has 0 aliphatic rings. The Balaban J connectivity index is 3.85. The Morgan fingerprint density at radius 3 is 2.50 bits per heavy atom. The van der Waals surface area contributed by atoms with Gasteiger partial charge in [-0.05, 0) is 18.3 Å². The van der Waals surface area contributed by atoms with Crippen molar-refractivity contribution < 1.29 is 0 Å². The summed E-state index contributed by atoms with van der Waals surface area (Å²) in [6.07, 6.45) is 11.3. The molecule has 0 nitrogen and oxygen atoms in total. The summed E-state index contributed by atoms with van der Waals surface area (Å²) in [4.78, 5) is 0. The van der Waals surface area contributed by atoms with Gasteiger partial charge in [0.2, 0.25) is 0 Å². The van der Waals surface area contributed by atoms with Crippen LogP contribution in [0.5, 0.6) is 0 Å². The second-order valence-corrected chi connectivity index (χ2v) is 6.52. The lowest BCUT2D eigenvalue weighted by Gasteiger charge is -2.13. The largest absolute Gasteiger partial charge is 0.126 e. The minimum absolute atomic E-state index is 0.561. The van der Waals surface area contributed by atoms with E-state index in [1.54, 1.807) is 0 Å². The average molecular weight is 357 g/mol. The van der Waals surface area contributed by atoms with Crippen LogP contribution >= 0.6 is 34.2 Å². The molecule has 0 heterocycles. The molecule has 0 aliphatic carbocycles. The fourth-order valence-electron chi connectivity index (χ4n) is 1.73. The summed E-state index contributed by atoms with van der Waals surface area (Å²) in [5.41, 5.74) is 0. The fraction of sp³-hybridized carbons (Fsp3) is 0.857. The van der Waals surface area contributed by atoms with Crippen molar-refractivity contribution in [2.45, 2.75) is 56.8 Å². The van der Waals surface area contributed by atoms with E-state index in [1.807, 2.05) is 0 Å². The van der Waals surface area contributed by atoms with Crippen LogP contribution in [-0.4, -0.2) is 9.80 Å². The SMILES string of the molecule is CCCCC(CC)C/C=C/C(C)[C@@H](I)CCl. The fourth-order valence-corrected chi connectivity index (χ4v) is 2.25. The van der Waals surface area contributed by atoms with Crippen LogP contribution in [0.3, 0.4) is 0 Å². The average Bonchev–Trinajstić information content (AvgIpc) is 2.32. The van der Waals surface area contributed by atoms with Gasteiger partial charge >= 0.3 is 0 Å². The van der Waals surface area contributed by atoms with E-state index >= 15 is 0 Å². The molecule has 0 fully saturated rings. The highest BCUT2D eigenvalue weighted by Gasteiger charge is 2.09. The molecule has 0 saturated carbocycles. The molecule has 0 saturated heterocycles. The van der Waals surface area contributed by atoms with E-state index in [4.69, 9.17) is 11.6 Å². The molecule has 2 unspecified atom stereocenters. The predicted octanol–water partition coefficient (Wildman–Crippen LogP) is 5.83. The zero-order valence-corrected chi connectivity index (χ0v) is 13.8. The van der Waals surface area contributed by atoms with E-state index in [1.165, 1.54) is 32.1 Å². The summed E-state index contributed by atoms with van der Waals surface area (Å²) in [7, 11) is 0. The molecule has 0 aromatic heterocycles. The Bertz CT molecular complexity index is 180. The molecule has 0 aromatic rings. The topological polar surface area (TPSA) is 0 Å². The van der Waals surface area contributed by atoms with Crippen molar-refractivity contribution >= 4 is 34.2 Å². The molecular weight excluding hydrogens is 331 g/mol. The normalized spacial score (nSPS) is 17.6. The van der Waals surface area contributed by atoms with Crippen LogP contribution in [0.25, 0.3) is 0 Å². The first-order chi connectivity index (χ1) is 7.65.